The van der Waals surface area contributed by atoms with Crippen molar-refractivity contribution in [3.63, 3.8) is 0 Å². The summed E-state index contributed by atoms with van der Waals surface area (Å²) in [5.41, 5.74) is 0.228. The van der Waals surface area contributed by atoms with Crippen molar-refractivity contribution in [2.45, 2.75) is 18.2 Å². The lowest BCUT2D eigenvalue weighted by molar-refractivity contribution is -0.136. The molecule has 3 nitrogen and oxygen atoms in total. The van der Waals surface area contributed by atoms with Gasteiger partial charge in [-0.15, -0.1) is 0 Å². The number of pyridine rings is 1. The monoisotopic (exact) mass is 357 g/mol. The van der Waals surface area contributed by atoms with Gasteiger partial charge in [-0.25, -0.2) is 8.78 Å². The van der Waals surface area contributed by atoms with Crippen molar-refractivity contribution in [2.24, 2.45) is 0 Å². The van der Waals surface area contributed by atoms with E-state index in [0.717, 1.165) is 6.20 Å². The van der Waals surface area contributed by atoms with E-state index in [2.05, 4.69) is 36.8 Å². The largest absolute Gasteiger partial charge is 0.481 e. The van der Waals surface area contributed by atoms with Crippen LogP contribution in [0.2, 0.25) is 0 Å². The van der Waals surface area contributed by atoms with Crippen LogP contribution in [0.4, 0.5) is 8.78 Å². The molecule has 0 bridgehead atoms. The van der Waals surface area contributed by atoms with Crippen LogP contribution in [0.3, 0.4) is 0 Å². The summed E-state index contributed by atoms with van der Waals surface area (Å²) in [4.78, 5) is 14.4. The SMILES string of the molecule is O=C(O)Cc1c(C(F)F)cnc(CBr)c1Br. The van der Waals surface area contributed by atoms with Crippen molar-refractivity contribution < 1.29 is 18.7 Å². The van der Waals surface area contributed by atoms with E-state index in [0.29, 0.717) is 15.5 Å². The van der Waals surface area contributed by atoms with Gasteiger partial charge in [-0.3, -0.25) is 9.78 Å². The van der Waals surface area contributed by atoms with E-state index < -0.39 is 18.8 Å². The number of carboxylic acids is 1. The number of aliphatic carboxylic acids is 1. The first-order valence-electron chi connectivity index (χ1n) is 4.19. The van der Waals surface area contributed by atoms with Gasteiger partial charge in [0.15, 0.2) is 0 Å². The number of rotatable bonds is 4. The fraction of sp³-hybridized carbons (Fsp3) is 0.333. The predicted octanol–water partition coefficient (Wildman–Crippen LogP) is 3.30. The molecule has 0 amide bonds. The number of nitrogens with zero attached hydrogens (tertiary/aromatic N) is 1. The van der Waals surface area contributed by atoms with Crippen LogP contribution < -0.4 is 0 Å². The van der Waals surface area contributed by atoms with E-state index in [-0.39, 0.29) is 11.1 Å². The molecule has 0 radical (unpaired) electrons. The molecule has 1 N–H and O–H groups in total. The van der Waals surface area contributed by atoms with Crippen LogP contribution in [0.25, 0.3) is 0 Å². The standard InChI is InChI=1S/C9H7Br2F2NO2/c10-2-6-8(11)4(1-7(15)16)5(3-14-6)9(12)13/h3,9H,1-2H2,(H,15,16). The number of carbonyl (C=O) groups is 1. The second kappa shape index (κ2) is 5.67. The molecule has 0 aliphatic rings. The molecule has 0 aliphatic heterocycles. The highest BCUT2D eigenvalue weighted by molar-refractivity contribution is 9.10. The topological polar surface area (TPSA) is 50.2 Å². The summed E-state index contributed by atoms with van der Waals surface area (Å²) in [6.07, 6.45) is -2.17. The molecule has 0 fully saturated rings. The molecule has 0 aromatic carbocycles. The quantitative estimate of drug-likeness (QED) is 0.840. The van der Waals surface area contributed by atoms with Crippen molar-refractivity contribution in [1.82, 2.24) is 4.98 Å². The van der Waals surface area contributed by atoms with E-state index in [1.165, 1.54) is 0 Å². The lowest BCUT2D eigenvalue weighted by Crippen LogP contribution is -2.07. The highest BCUT2D eigenvalue weighted by atomic mass is 79.9. The van der Waals surface area contributed by atoms with Crippen LogP contribution in [0.5, 0.6) is 0 Å². The average molecular weight is 359 g/mol. The predicted molar refractivity (Wildman–Crippen MR) is 60.9 cm³/mol. The molecule has 88 valence electrons. The smallest absolute Gasteiger partial charge is 0.307 e. The molecule has 7 heteroatoms. The molecule has 0 unspecified atom stereocenters. The summed E-state index contributed by atoms with van der Waals surface area (Å²) in [5, 5.41) is 9.03. The van der Waals surface area contributed by atoms with Crippen LogP contribution in [0.1, 0.15) is 23.2 Å². The summed E-state index contributed by atoms with van der Waals surface area (Å²) in [7, 11) is 0. The van der Waals surface area contributed by atoms with Crippen molar-refractivity contribution >= 4 is 37.8 Å². The summed E-state index contributed by atoms with van der Waals surface area (Å²) >= 11 is 6.24. The zero-order chi connectivity index (χ0) is 12.3. The van der Waals surface area contributed by atoms with Gasteiger partial charge in [0.2, 0.25) is 0 Å². The third kappa shape index (κ3) is 2.98. The second-order valence-electron chi connectivity index (χ2n) is 2.96. The van der Waals surface area contributed by atoms with E-state index in [1.807, 2.05) is 0 Å². The van der Waals surface area contributed by atoms with Crippen molar-refractivity contribution in [3.8, 4) is 0 Å². The Bertz CT molecular complexity index is 413. The number of carboxylic acid groups (broad SMARTS) is 1. The molecular formula is C9H7Br2F2NO2. The van der Waals surface area contributed by atoms with E-state index >= 15 is 0 Å². The van der Waals surface area contributed by atoms with Gasteiger partial charge in [0, 0.05) is 21.6 Å². The van der Waals surface area contributed by atoms with Crippen LogP contribution in [0.15, 0.2) is 10.7 Å². The Kier molecular flexibility index (Phi) is 4.79. The first-order chi connectivity index (χ1) is 7.47. The fourth-order valence-corrected chi connectivity index (χ4v) is 2.61. The Morgan fingerprint density at radius 3 is 2.62 bits per heavy atom. The van der Waals surface area contributed by atoms with Crippen molar-refractivity contribution in [1.29, 1.82) is 0 Å². The molecule has 0 aliphatic carbocycles. The summed E-state index contributed by atoms with van der Waals surface area (Å²) < 4.78 is 25.6. The summed E-state index contributed by atoms with van der Waals surface area (Å²) in [6, 6.07) is 0. The van der Waals surface area contributed by atoms with Gasteiger partial charge in [0.1, 0.15) is 0 Å². The number of hydrogen-bond acceptors (Lipinski definition) is 2. The van der Waals surface area contributed by atoms with Gasteiger partial charge in [-0.05, 0) is 21.5 Å². The Balaban J connectivity index is 3.30. The maximum Gasteiger partial charge on any atom is 0.307 e. The first-order valence-corrected chi connectivity index (χ1v) is 6.10. The lowest BCUT2D eigenvalue weighted by atomic mass is 10.1. The van der Waals surface area contributed by atoms with E-state index in [9.17, 15) is 13.6 Å². The maximum atomic E-state index is 12.6. The second-order valence-corrected chi connectivity index (χ2v) is 4.31. The highest BCUT2D eigenvalue weighted by Gasteiger charge is 2.20. The summed E-state index contributed by atoms with van der Waals surface area (Å²) in [6.45, 7) is 0. The number of halogens is 4. The molecule has 1 aromatic heterocycles. The zero-order valence-electron chi connectivity index (χ0n) is 7.88. The van der Waals surface area contributed by atoms with Gasteiger partial charge in [-0.1, -0.05) is 15.9 Å². The van der Waals surface area contributed by atoms with Crippen LogP contribution >= 0.6 is 31.9 Å². The zero-order valence-corrected chi connectivity index (χ0v) is 11.1. The number of hydrogen-bond donors (Lipinski definition) is 1. The Morgan fingerprint density at radius 1 is 1.56 bits per heavy atom. The van der Waals surface area contributed by atoms with Crippen LogP contribution in [-0.4, -0.2) is 16.1 Å². The highest BCUT2D eigenvalue weighted by Crippen LogP contribution is 2.31. The Labute approximate surface area is 107 Å². The normalized spacial score (nSPS) is 10.8. The average Bonchev–Trinajstić information content (AvgIpc) is 2.19. The minimum Gasteiger partial charge on any atom is -0.481 e. The van der Waals surface area contributed by atoms with Gasteiger partial charge in [0.25, 0.3) is 6.43 Å². The number of aromatic nitrogens is 1. The minimum absolute atomic E-state index is 0.0759. The number of alkyl halides is 3. The first kappa shape index (κ1) is 13.5. The molecule has 1 aromatic rings. The van der Waals surface area contributed by atoms with Gasteiger partial charge >= 0.3 is 5.97 Å². The third-order valence-corrected chi connectivity index (χ3v) is 3.38. The summed E-state index contributed by atoms with van der Waals surface area (Å²) in [5.74, 6) is -1.16. The van der Waals surface area contributed by atoms with Gasteiger partial charge in [0.05, 0.1) is 12.1 Å². The molecule has 1 heterocycles. The molecule has 0 spiro atoms. The Morgan fingerprint density at radius 2 is 2.19 bits per heavy atom. The van der Waals surface area contributed by atoms with Crippen molar-refractivity contribution in [3.05, 3.63) is 27.5 Å². The molecule has 0 atom stereocenters. The van der Waals surface area contributed by atoms with Crippen molar-refractivity contribution in [2.75, 3.05) is 0 Å². The van der Waals surface area contributed by atoms with Gasteiger partial charge < -0.3 is 5.11 Å². The molecule has 0 saturated heterocycles. The van der Waals surface area contributed by atoms with Crippen LogP contribution in [-0.2, 0) is 16.5 Å². The molecule has 0 saturated carbocycles. The fourth-order valence-electron chi connectivity index (χ4n) is 1.20. The maximum absolute atomic E-state index is 12.6. The third-order valence-electron chi connectivity index (χ3n) is 1.92. The molecular weight excluding hydrogens is 352 g/mol. The van der Waals surface area contributed by atoms with E-state index in [4.69, 9.17) is 5.11 Å². The lowest BCUT2D eigenvalue weighted by Gasteiger charge is -2.11. The van der Waals surface area contributed by atoms with E-state index in [1.54, 1.807) is 0 Å². The minimum atomic E-state index is -2.73. The molecule has 1 rings (SSSR count). The molecule has 16 heavy (non-hydrogen) atoms. The van der Waals surface area contributed by atoms with Crippen LogP contribution in [0, 0.1) is 0 Å². The van der Waals surface area contributed by atoms with Gasteiger partial charge in [-0.2, -0.15) is 0 Å². The Hall–Kier alpha value is -0.560.